The van der Waals surface area contributed by atoms with E-state index in [9.17, 15) is 30.4 Å². The fourth-order valence-electron chi connectivity index (χ4n) is 13.7. The van der Waals surface area contributed by atoms with E-state index in [0.717, 1.165) is 11.8 Å². The van der Waals surface area contributed by atoms with Crippen LogP contribution in [0, 0.1) is 61.2 Å². The first-order chi connectivity index (χ1) is 24.6. The summed E-state index contributed by atoms with van der Waals surface area (Å²) in [6, 6.07) is 25.4. The molecule has 260 valence electrons. The van der Waals surface area contributed by atoms with Gasteiger partial charge in [-0.25, -0.2) is 0 Å². The number of nitrogens with zero attached hydrogens (tertiary/aromatic N) is 2. The van der Waals surface area contributed by atoms with Gasteiger partial charge >= 0.3 is 11.4 Å². The number of aromatic hydroxyl groups is 2. The van der Waals surface area contributed by atoms with E-state index in [1.54, 1.807) is 0 Å². The van der Waals surface area contributed by atoms with Gasteiger partial charge in [0.05, 0.1) is 9.85 Å². The van der Waals surface area contributed by atoms with Crippen LogP contribution in [-0.2, 0) is 10.8 Å². The highest BCUT2D eigenvalue weighted by molar-refractivity contribution is 5.53. The molecule has 51 heavy (non-hydrogen) atoms. The summed E-state index contributed by atoms with van der Waals surface area (Å²) >= 11 is 0. The van der Waals surface area contributed by atoms with Gasteiger partial charge in [-0.3, -0.25) is 20.2 Å². The maximum Gasteiger partial charge on any atom is 0.310 e. The zero-order chi connectivity index (χ0) is 34.9. The van der Waals surface area contributed by atoms with E-state index in [0.29, 0.717) is 46.7 Å². The molecule has 8 fully saturated rings. The fraction of sp³-hybridized carbons (Fsp3) is 0.415. The van der Waals surface area contributed by atoms with Crippen molar-refractivity contribution in [1.82, 2.24) is 0 Å². The minimum atomic E-state index is -0.612. The van der Waals surface area contributed by atoms with Crippen LogP contribution in [0.2, 0.25) is 0 Å². The molecule has 0 amide bonds. The lowest BCUT2D eigenvalue weighted by Gasteiger charge is -2.84. The molecule has 4 aromatic carbocycles. The lowest BCUT2D eigenvalue weighted by Crippen LogP contribution is -2.80. The van der Waals surface area contributed by atoms with E-state index in [1.165, 1.54) is 98.9 Å². The summed E-state index contributed by atoms with van der Waals surface area (Å²) in [6.45, 7) is 0. The molecule has 8 saturated carbocycles. The molecule has 10 nitrogen and oxygen atoms in total. The standard InChI is InChI=1S/C41H38N2O8/c44-36-17-32(9-11-34(36)42(46)47)50-30-5-1-26(2-6-30)39-19-24-15-29(22-39)41(28-14-23-13-25(16-28)38(39)40(41,20-23)21-24)27-3-7-31(8-4-27)51-33-10-12-35(43(48)49)37(45)18-33/h1-12,17-18,23-25,28-29,38,44-45H,13-16,19-22H2. The molecular weight excluding hydrogens is 648 g/mol. The Kier molecular flexibility index (Phi) is 6.29. The number of hydrogen-bond donors (Lipinski definition) is 2. The molecule has 1 spiro atoms. The molecule has 4 aromatic rings. The van der Waals surface area contributed by atoms with Gasteiger partial charge in [0.25, 0.3) is 0 Å². The number of nitro groups is 2. The first kappa shape index (κ1) is 30.7. The lowest BCUT2D eigenvalue weighted by molar-refractivity contribution is -0.386. The van der Waals surface area contributed by atoms with Crippen LogP contribution in [0.5, 0.6) is 34.5 Å². The normalized spacial score (nSPS) is 34.7. The Balaban J connectivity index is 0.983. The van der Waals surface area contributed by atoms with Crippen molar-refractivity contribution in [3.8, 4) is 34.5 Å². The van der Waals surface area contributed by atoms with Crippen molar-refractivity contribution in [2.75, 3.05) is 0 Å². The number of phenolic OH excluding ortho intramolecular Hbond substituents is 2. The van der Waals surface area contributed by atoms with Gasteiger partial charge in [0.15, 0.2) is 11.5 Å². The molecule has 9 bridgehead atoms. The summed E-state index contributed by atoms with van der Waals surface area (Å²) in [5.41, 5.74) is 2.68. The van der Waals surface area contributed by atoms with Crippen LogP contribution in [0.3, 0.4) is 0 Å². The first-order valence-electron chi connectivity index (χ1n) is 18.1. The highest BCUT2D eigenvalue weighted by atomic mass is 16.6. The predicted molar refractivity (Wildman–Crippen MR) is 186 cm³/mol. The molecule has 12 rings (SSSR count). The average Bonchev–Trinajstić information content (AvgIpc) is 3.08. The number of benzene rings is 4. The molecule has 0 heterocycles. The molecule has 0 saturated heterocycles. The fourth-order valence-corrected chi connectivity index (χ4v) is 13.7. The van der Waals surface area contributed by atoms with Crippen LogP contribution < -0.4 is 9.47 Å². The first-order valence-corrected chi connectivity index (χ1v) is 18.1. The molecule has 9 unspecified atom stereocenters. The summed E-state index contributed by atoms with van der Waals surface area (Å²) < 4.78 is 12.1. The Labute approximate surface area is 294 Å². The smallest absolute Gasteiger partial charge is 0.310 e. The quantitative estimate of drug-likeness (QED) is 0.138. The molecule has 0 aromatic heterocycles. The number of nitro benzene ring substituents is 2. The largest absolute Gasteiger partial charge is 0.502 e. The highest BCUT2D eigenvalue weighted by Crippen LogP contribution is 2.86. The van der Waals surface area contributed by atoms with E-state index in [1.807, 2.05) is 24.3 Å². The van der Waals surface area contributed by atoms with Gasteiger partial charge in [-0.2, -0.15) is 0 Å². The third kappa shape index (κ3) is 4.10. The second-order valence-electron chi connectivity index (χ2n) is 16.4. The zero-order valence-corrected chi connectivity index (χ0v) is 27.9. The van der Waals surface area contributed by atoms with Gasteiger partial charge in [0, 0.05) is 29.7 Å². The Morgan fingerprint density at radius 1 is 0.588 bits per heavy atom. The van der Waals surface area contributed by atoms with Crippen LogP contribution in [0.4, 0.5) is 11.4 Å². The molecule has 0 radical (unpaired) electrons. The van der Waals surface area contributed by atoms with Gasteiger partial charge in [-0.1, -0.05) is 24.3 Å². The van der Waals surface area contributed by atoms with E-state index < -0.39 is 21.3 Å². The van der Waals surface area contributed by atoms with E-state index in [4.69, 9.17) is 9.47 Å². The van der Waals surface area contributed by atoms with Crippen molar-refractivity contribution >= 4 is 11.4 Å². The molecule has 10 heteroatoms. The molecule has 0 aliphatic heterocycles. The summed E-state index contributed by atoms with van der Waals surface area (Å²) in [4.78, 5) is 21.1. The molecule has 8 aliphatic carbocycles. The van der Waals surface area contributed by atoms with Crippen molar-refractivity contribution in [2.45, 2.75) is 62.2 Å². The topological polar surface area (TPSA) is 145 Å². The number of ether oxygens (including phenoxy) is 2. The van der Waals surface area contributed by atoms with Crippen LogP contribution in [0.25, 0.3) is 0 Å². The zero-order valence-electron chi connectivity index (χ0n) is 27.9. The van der Waals surface area contributed by atoms with E-state index >= 15 is 0 Å². The maximum absolute atomic E-state index is 11.2. The van der Waals surface area contributed by atoms with Gasteiger partial charge in [-0.15, -0.1) is 0 Å². The van der Waals surface area contributed by atoms with Gasteiger partial charge in [0.2, 0.25) is 0 Å². The Hall–Kier alpha value is -5.12. The van der Waals surface area contributed by atoms with Gasteiger partial charge in [0.1, 0.15) is 23.0 Å². The Morgan fingerprint density at radius 2 is 1.12 bits per heavy atom. The summed E-state index contributed by atoms with van der Waals surface area (Å²) in [5, 5.41) is 42.6. The molecule has 9 atom stereocenters. The van der Waals surface area contributed by atoms with E-state index in [2.05, 4.69) is 24.3 Å². The summed E-state index contributed by atoms with van der Waals surface area (Å²) in [5.74, 6) is 5.29. The van der Waals surface area contributed by atoms with E-state index in [-0.39, 0.29) is 27.6 Å². The van der Waals surface area contributed by atoms with Crippen molar-refractivity contribution in [2.24, 2.45) is 40.9 Å². The SMILES string of the molecule is O=[N+]([O-])c1ccc(Oc2ccc(C34CC5CC(C3)C3(c6ccc(Oc7ccc([N+](=O)[O-])c(O)c7)cc6)C6CC7CC(C6)C4C3(C7)C5)cc2)cc1O. The van der Waals surface area contributed by atoms with Gasteiger partial charge < -0.3 is 19.7 Å². The van der Waals surface area contributed by atoms with Crippen LogP contribution in [0.15, 0.2) is 84.9 Å². The van der Waals surface area contributed by atoms with Crippen molar-refractivity contribution in [3.05, 3.63) is 116 Å². The number of rotatable bonds is 8. The molecule has 2 N–H and O–H groups in total. The van der Waals surface area contributed by atoms with Crippen LogP contribution in [-0.4, -0.2) is 20.1 Å². The maximum atomic E-state index is 11.2. The highest BCUT2D eigenvalue weighted by Gasteiger charge is 2.81. The second-order valence-corrected chi connectivity index (χ2v) is 16.4. The monoisotopic (exact) mass is 686 g/mol. The van der Waals surface area contributed by atoms with Crippen LogP contribution >= 0.6 is 0 Å². The molecule has 8 aliphatic rings. The van der Waals surface area contributed by atoms with Gasteiger partial charge in [-0.05, 0) is 145 Å². The van der Waals surface area contributed by atoms with Crippen molar-refractivity contribution in [3.63, 3.8) is 0 Å². The predicted octanol–water partition coefficient (Wildman–Crippen LogP) is 9.56. The van der Waals surface area contributed by atoms with Crippen LogP contribution in [0.1, 0.15) is 62.5 Å². The Bertz CT molecular complexity index is 2120. The summed E-state index contributed by atoms with van der Waals surface area (Å²) in [6.07, 6.45) is 10.3. The third-order valence-electron chi connectivity index (χ3n) is 14.3. The average molecular weight is 687 g/mol. The number of hydrogen-bond acceptors (Lipinski definition) is 8. The second kappa shape index (κ2) is 10.5. The third-order valence-corrected chi connectivity index (χ3v) is 14.3. The number of phenols is 2. The van der Waals surface area contributed by atoms with Crippen molar-refractivity contribution < 1.29 is 29.5 Å². The molecular formula is C41H38N2O8. The summed E-state index contributed by atoms with van der Waals surface area (Å²) in [7, 11) is 0. The minimum absolute atomic E-state index is 0.123. The minimum Gasteiger partial charge on any atom is -0.502 e. The lowest BCUT2D eigenvalue weighted by atomic mass is 9.20. The Morgan fingerprint density at radius 3 is 1.69 bits per heavy atom. The van der Waals surface area contributed by atoms with Crippen molar-refractivity contribution in [1.29, 1.82) is 0 Å².